The fraction of sp³-hybridized carbons (Fsp3) is 0.667. The summed E-state index contributed by atoms with van der Waals surface area (Å²) in [4.78, 5) is 5.75. The second-order valence-corrected chi connectivity index (χ2v) is 8.91. The number of hydrogen-bond donors (Lipinski definition) is 2. The highest BCUT2D eigenvalue weighted by Gasteiger charge is 2.35. The van der Waals surface area contributed by atoms with Crippen molar-refractivity contribution in [3.63, 3.8) is 0 Å². The summed E-state index contributed by atoms with van der Waals surface area (Å²) in [5.74, 6) is 0.888. The van der Waals surface area contributed by atoms with Crippen LogP contribution in [0.1, 0.15) is 38.5 Å². The Kier molecular flexibility index (Phi) is 8.30. The molecule has 2 fully saturated rings. The molecule has 2 N–H and O–H groups in total. The lowest BCUT2D eigenvalue weighted by atomic mass is 10.1. The third kappa shape index (κ3) is 6.70. The van der Waals surface area contributed by atoms with Crippen molar-refractivity contribution in [3.8, 4) is 0 Å². The van der Waals surface area contributed by atoms with Crippen molar-refractivity contribution in [2.24, 2.45) is 4.99 Å². The Hall–Kier alpha value is -1.24. The van der Waals surface area contributed by atoms with Crippen LogP contribution in [0.2, 0.25) is 0 Å². The molecule has 27 heavy (non-hydrogen) atoms. The van der Waals surface area contributed by atoms with Gasteiger partial charge in [-0.3, -0.25) is 4.99 Å². The minimum Gasteiger partial charge on any atom is -0.379 e. The van der Waals surface area contributed by atoms with Crippen LogP contribution < -0.4 is 10.6 Å². The van der Waals surface area contributed by atoms with Gasteiger partial charge in [0.1, 0.15) is 0 Å². The van der Waals surface area contributed by atoms with Gasteiger partial charge in [-0.15, -0.1) is 11.8 Å². The quantitative estimate of drug-likeness (QED) is 0.384. The van der Waals surface area contributed by atoms with Crippen LogP contribution in [0.3, 0.4) is 0 Å². The van der Waals surface area contributed by atoms with Crippen LogP contribution in [0.15, 0.2) is 40.2 Å². The zero-order chi connectivity index (χ0) is 18.8. The molecule has 1 aliphatic heterocycles. The molecule has 1 aromatic rings. The Morgan fingerprint density at radius 1 is 1.26 bits per heavy atom. The van der Waals surface area contributed by atoms with Gasteiger partial charge in [0.05, 0.1) is 12.7 Å². The standard InChI is InChI=1S/C21H33N3O2S/c1-22-20(23-13-7-14-26-18-10-15-25-16-18)24-17-21(11-5-6-12-21)27-19-8-3-2-4-9-19/h2-4,8-9,18H,5-7,10-17H2,1H3,(H2,22,23,24). The molecule has 5 nitrogen and oxygen atoms in total. The highest BCUT2D eigenvalue weighted by molar-refractivity contribution is 8.00. The number of aliphatic imine (C=N–C) groups is 1. The van der Waals surface area contributed by atoms with Crippen LogP contribution >= 0.6 is 11.8 Å². The monoisotopic (exact) mass is 391 g/mol. The van der Waals surface area contributed by atoms with Crippen molar-refractivity contribution in [1.29, 1.82) is 0 Å². The largest absolute Gasteiger partial charge is 0.379 e. The Morgan fingerprint density at radius 3 is 2.78 bits per heavy atom. The second kappa shape index (κ2) is 10.9. The topological polar surface area (TPSA) is 54.9 Å². The molecule has 1 atom stereocenters. The maximum absolute atomic E-state index is 5.81. The molecule has 1 saturated heterocycles. The third-order valence-corrected chi connectivity index (χ3v) is 6.74. The van der Waals surface area contributed by atoms with E-state index in [1.54, 1.807) is 0 Å². The molecule has 3 rings (SSSR count). The Bertz CT molecular complexity index is 570. The molecule has 1 aliphatic carbocycles. The predicted octanol–water partition coefficient (Wildman–Crippen LogP) is 3.45. The number of nitrogens with one attached hydrogen (secondary N) is 2. The van der Waals surface area contributed by atoms with Gasteiger partial charge in [0.2, 0.25) is 0 Å². The number of ether oxygens (including phenoxy) is 2. The molecule has 150 valence electrons. The summed E-state index contributed by atoms with van der Waals surface area (Å²) in [6, 6.07) is 10.8. The summed E-state index contributed by atoms with van der Waals surface area (Å²) in [5, 5.41) is 6.98. The van der Waals surface area contributed by atoms with Crippen LogP contribution in [0.5, 0.6) is 0 Å². The van der Waals surface area contributed by atoms with Gasteiger partial charge in [0, 0.05) is 43.0 Å². The molecule has 0 radical (unpaired) electrons. The number of benzene rings is 1. The number of guanidine groups is 1. The molecule has 1 aromatic carbocycles. The van der Waals surface area contributed by atoms with Gasteiger partial charge in [0.15, 0.2) is 5.96 Å². The summed E-state index contributed by atoms with van der Waals surface area (Å²) in [6.45, 7) is 4.17. The summed E-state index contributed by atoms with van der Waals surface area (Å²) >= 11 is 2.02. The molecule has 0 amide bonds. The normalized spacial score (nSPS) is 22.1. The lowest BCUT2D eigenvalue weighted by molar-refractivity contribution is 0.0420. The van der Waals surface area contributed by atoms with E-state index in [4.69, 9.17) is 9.47 Å². The molecular formula is C21H33N3O2S. The summed E-state index contributed by atoms with van der Waals surface area (Å²) in [6.07, 6.45) is 7.44. The molecule has 6 heteroatoms. The van der Waals surface area contributed by atoms with Crippen molar-refractivity contribution in [2.75, 3.05) is 40.0 Å². The highest BCUT2D eigenvalue weighted by Crippen LogP contribution is 2.44. The van der Waals surface area contributed by atoms with E-state index in [2.05, 4.69) is 46.0 Å². The maximum Gasteiger partial charge on any atom is 0.191 e. The van der Waals surface area contributed by atoms with Crippen LogP contribution in [0.4, 0.5) is 0 Å². The van der Waals surface area contributed by atoms with E-state index < -0.39 is 0 Å². The lowest BCUT2D eigenvalue weighted by Crippen LogP contribution is -2.45. The summed E-state index contributed by atoms with van der Waals surface area (Å²) in [5.41, 5.74) is 0. The number of nitrogens with zero attached hydrogens (tertiary/aromatic N) is 1. The molecule has 0 spiro atoms. The van der Waals surface area contributed by atoms with E-state index in [1.807, 2.05) is 18.8 Å². The maximum atomic E-state index is 5.81. The van der Waals surface area contributed by atoms with E-state index in [1.165, 1.54) is 30.6 Å². The molecule has 2 aliphatic rings. The first-order valence-electron chi connectivity index (χ1n) is 10.2. The fourth-order valence-corrected chi connectivity index (χ4v) is 5.14. The first-order valence-corrected chi connectivity index (χ1v) is 11.0. The van der Waals surface area contributed by atoms with Crippen LogP contribution in [0.25, 0.3) is 0 Å². The highest BCUT2D eigenvalue weighted by atomic mass is 32.2. The minimum absolute atomic E-state index is 0.268. The number of rotatable bonds is 9. The molecule has 0 aromatic heterocycles. The van der Waals surface area contributed by atoms with Crippen molar-refractivity contribution in [1.82, 2.24) is 10.6 Å². The predicted molar refractivity (Wildman–Crippen MR) is 113 cm³/mol. The Labute approximate surface area is 167 Å². The smallest absolute Gasteiger partial charge is 0.191 e. The molecule has 1 unspecified atom stereocenters. The minimum atomic E-state index is 0.268. The first kappa shape index (κ1) is 20.5. The average Bonchev–Trinajstić information content (AvgIpc) is 3.37. The van der Waals surface area contributed by atoms with Gasteiger partial charge in [-0.2, -0.15) is 0 Å². The van der Waals surface area contributed by atoms with Crippen molar-refractivity contribution < 1.29 is 9.47 Å². The molecule has 1 saturated carbocycles. The van der Waals surface area contributed by atoms with Crippen LogP contribution in [-0.4, -0.2) is 56.8 Å². The Balaban J connectivity index is 1.39. The van der Waals surface area contributed by atoms with Crippen molar-refractivity contribution in [3.05, 3.63) is 30.3 Å². The number of hydrogen-bond acceptors (Lipinski definition) is 4. The van der Waals surface area contributed by atoms with Gasteiger partial charge >= 0.3 is 0 Å². The molecule has 1 heterocycles. The number of thioether (sulfide) groups is 1. The van der Waals surface area contributed by atoms with Gasteiger partial charge in [-0.1, -0.05) is 31.0 Å². The van der Waals surface area contributed by atoms with Gasteiger partial charge in [-0.05, 0) is 37.8 Å². The second-order valence-electron chi connectivity index (χ2n) is 7.37. The van der Waals surface area contributed by atoms with Crippen molar-refractivity contribution in [2.45, 2.75) is 54.3 Å². The zero-order valence-electron chi connectivity index (χ0n) is 16.4. The van der Waals surface area contributed by atoms with E-state index in [-0.39, 0.29) is 4.75 Å². The van der Waals surface area contributed by atoms with E-state index in [9.17, 15) is 0 Å². The van der Waals surface area contributed by atoms with Crippen LogP contribution in [-0.2, 0) is 9.47 Å². The lowest BCUT2D eigenvalue weighted by Gasteiger charge is -2.29. The van der Waals surface area contributed by atoms with E-state index >= 15 is 0 Å². The molecular weight excluding hydrogens is 358 g/mol. The van der Waals surface area contributed by atoms with E-state index in [0.717, 1.165) is 51.7 Å². The SMILES string of the molecule is CN=C(NCCCOC1CCOC1)NCC1(Sc2ccccc2)CCCC1. The van der Waals surface area contributed by atoms with E-state index in [0.29, 0.717) is 6.10 Å². The zero-order valence-corrected chi connectivity index (χ0v) is 17.2. The third-order valence-electron chi connectivity index (χ3n) is 5.25. The summed E-state index contributed by atoms with van der Waals surface area (Å²) < 4.78 is 11.4. The fourth-order valence-electron chi connectivity index (χ4n) is 3.71. The van der Waals surface area contributed by atoms with Gasteiger partial charge < -0.3 is 20.1 Å². The van der Waals surface area contributed by atoms with Crippen molar-refractivity contribution >= 4 is 17.7 Å². The van der Waals surface area contributed by atoms with Gasteiger partial charge in [0.25, 0.3) is 0 Å². The summed E-state index contributed by atoms with van der Waals surface area (Å²) in [7, 11) is 1.84. The first-order chi connectivity index (χ1) is 13.3. The molecule has 0 bridgehead atoms. The van der Waals surface area contributed by atoms with Gasteiger partial charge in [-0.25, -0.2) is 0 Å². The Morgan fingerprint density at radius 2 is 2.07 bits per heavy atom. The average molecular weight is 392 g/mol. The van der Waals surface area contributed by atoms with Crippen LogP contribution in [0, 0.1) is 0 Å².